The lowest BCUT2D eigenvalue weighted by Crippen LogP contribution is -2.53. The van der Waals surface area contributed by atoms with Gasteiger partial charge in [-0.05, 0) is 99.1 Å². The molecule has 3 fully saturated rings. The molecular formula is C54H59F2N9O9. The number of nitrogens with zero attached hydrogens (tertiary/aromatic N) is 5. The molecule has 0 spiro atoms. The summed E-state index contributed by atoms with van der Waals surface area (Å²) < 4.78 is 64.5. The first-order valence-electron chi connectivity index (χ1n) is 25.5. The highest BCUT2D eigenvalue weighted by Crippen LogP contribution is 2.50. The number of aryl methyl sites for hydroxylation is 1. The maximum Gasteiger partial charge on any atom is 0.407 e. The number of carbonyl (C=O) groups excluding carboxylic acids is 4. The van der Waals surface area contributed by atoms with Crippen LogP contribution in [0, 0.1) is 23.5 Å². The number of likely N-dealkylation sites (tertiary alicyclic amines) is 2. The van der Waals surface area contributed by atoms with Crippen molar-refractivity contribution in [3.63, 3.8) is 0 Å². The predicted molar refractivity (Wildman–Crippen MR) is 266 cm³/mol. The van der Waals surface area contributed by atoms with E-state index in [0.29, 0.717) is 116 Å². The van der Waals surface area contributed by atoms with Crippen LogP contribution < -0.4 is 20.1 Å². The summed E-state index contributed by atoms with van der Waals surface area (Å²) in [6.45, 7) is 6.19. The SMILES string of the molecule is COC(=O)N[C@H](C(=O)N1CCC[C@H]1c1ncc(-c2cc(F)c3c(c2)OC(c2ccc4c(c2)OCCC4)n2c-3c(F)c3cc(-c4cnc([C@@H]5CCCN5C(=O)[C@@H](NC(=O)OC)C5CCOCC5)[nH]4)ccc32)[nH]1)C(C)C. The van der Waals surface area contributed by atoms with E-state index in [1.54, 1.807) is 45.0 Å². The minimum atomic E-state index is -0.938. The Hall–Kier alpha value is -7.48. The third-order valence-electron chi connectivity index (χ3n) is 15.3. The molecule has 74 heavy (non-hydrogen) atoms. The van der Waals surface area contributed by atoms with Crippen molar-refractivity contribution in [3.8, 4) is 45.3 Å². The Balaban J connectivity index is 0.927. The molecule has 5 aliphatic heterocycles. The Morgan fingerprint density at radius 3 is 2.12 bits per heavy atom. The van der Waals surface area contributed by atoms with Gasteiger partial charge in [0.15, 0.2) is 5.82 Å². The summed E-state index contributed by atoms with van der Waals surface area (Å²) >= 11 is 0. The maximum atomic E-state index is 17.6. The van der Waals surface area contributed by atoms with E-state index in [2.05, 4.69) is 25.6 Å². The van der Waals surface area contributed by atoms with E-state index in [4.69, 9.17) is 28.7 Å². The van der Waals surface area contributed by atoms with E-state index in [-0.39, 0.29) is 46.0 Å². The third kappa shape index (κ3) is 8.85. The molecule has 1 unspecified atom stereocenters. The maximum absolute atomic E-state index is 17.6. The van der Waals surface area contributed by atoms with Crippen molar-refractivity contribution < 1.29 is 51.6 Å². The van der Waals surface area contributed by atoms with Gasteiger partial charge in [0.1, 0.15) is 41.0 Å². The van der Waals surface area contributed by atoms with Gasteiger partial charge >= 0.3 is 12.2 Å². The average Bonchev–Trinajstić information content (AvgIpc) is 4.30. The summed E-state index contributed by atoms with van der Waals surface area (Å²) in [5.41, 5.74) is 4.25. The lowest BCUT2D eigenvalue weighted by molar-refractivity contribution is -0.137. The van der Waals surface area contributed by atoms with Crippen molar-refractivity contribution in [2.24, 2.45) is 11.8 Å². The van der Waals surface area contributed by atoms with Crippen LogP contribution in [0.5, 0.6) is 11.5 Å². The number of carbonyl (C=O) groups is 4. The molecule has 5 aliphatic rings. The van der Waals surface area contributed by atoms with Crippen molar-refractivity contribution in [1.29, 1.82) is 0 Å². The van der Waals surface area contributed by atoms with Gasteiger partial charge in [-0.1, -0.05) is 32.0 Å². The van der Waals surface area contributed by atoms with Gasteiger partial charge in [-0.15, -0.1) is 0 Å². The number of amides is 4. The summed E-state index contributed by atoms with van der Waals surface area (Å²) in [5, 5.41) is 5.69. The second-order valence-corrected chi connectivity index (χ2v) is 20.0. The van der Waals surface area contributed by atoms with E-state index in [1.807, 2.05) is 38.1 Å². The third-order valence-corrected chi connectivity index (χ3v) is 15.3. The molecule has 388 valence electrons. The van der Waals surface area contributed by atoms with Crippen molar-refractivity contribution in [3.05, 3.63) is 95.3 Å². The minimum Gasteiger partial charge on any atom is -0.493 e. The molecule has 18 nitrogen and oxygen atoms in total. The number of nitrogens with one attached hydrogen (secondary N) is 4. The molecule has 11 rings (SSSR count). The normalized spacial score (nSPS) is 20.3. The van der Waals surface area contributed by atoms with Gasteiger partial charge in [-0.3, -0.25) is 14.2 Å². The molecule has 0 aliphatic carbocycles. The summed E-state index contributed by atoms with van der Waals surface area (Å²) in [6, 6.07) is 11.8. The number of imidazole rings is 2. The number of aromatic nitrogens is 5. The van der Waals surface area contributed by atoms with E-state index < -0.39 is 54.2 Å². The fourth-order valence-electron chi connectivity index (χ4n) is 11.5. The van der Waals surface area contributed by atoms with Crippen LogP contribution in [0.2, 0.25) is 0 Å². The number of hydrogen-bond acceptors (Lipinski definition) is 11. The van der Waals surface area contributed by atoms with Crippen molar-refractivity contribution in [1.82, 2.24) is 44.9 Å². The fourth-order valence-corrected chi connectivity index (χ4v) is 11.5. The molecular weight excluding hydrogens is 957 g/mol. The van der Waals surface area contributed by atoms with Crippen LogP contribution in [0.15, 0.2) is 60.9 Å². The molecule has 8 heterocycles. The number of halogens is 2. The molecule has 20 heteroatoms. The number of alkyl carbamates (subject to hydrolysis) is 2. The van der Waals surface area contributed by atoms with Crippen LogP contribution in [0.4, 0.5) is 18.4 Å². The highest BCUT2D eigenvalue weighted by molar-refractivity contribution is 5.94. The van der Waals surface area contributed by atoms with Crippen LogP contribution in [0.25, 0.3) is 44.7 Å². The predicted octanol–water partition coefficient (Wildman–Crippen LogP) is 8.49. The number of H-pyrrole nitrogens is 2. The van der Waals surface area contributed by atoms with Crippen molar-refractivity contribution in [2.75, 3.05) is 47.1 Å². The lowest BCUT2D eigenvalue weighted by Gasteiger charge is -2.34. The zero-order valence-corrected chi connectivity index (χ0v) is 41.7. The molecule has 4 N–H and O–H groups in total. The van der Waals surface area contributed by atoms with E-state index >= 15 is 8.78 Å². The Bertz CT molecular complexity index is 3140. The highest BCUT2D eigenvalue weighted by Gasteiger charge is 2.42. The van der Waals surface area contributed by atoms with Gasteiger partial charge in [0.05, 0.1) is 73.5 Å². The van der Waals surface area contributed by atoms with Gasteiger partial charge < -0.3 is 54.1 Å². The second kappa shape index (κ2) is 20.1. The number of hydrogen-bond donors (Lipinski definition) is 4. The number of aromatic amines is 2. The van der Waals surface area contributed by atoms with Gasteiger partial charge in [-0.2, -0.15) is 0 Å². The van der Waals surface area contributed by atoms with Crippen LogP contribution in [0.3, 0.4) is 0 Å². The molecule has 6 aromatic rings. The number of ether oxygens (including phenoxy) is 5. The minimum absolute atomic E-state index is 0.0156. The van der Waals surface area contributed by atoms with Gasteiger partial charge in [-0.25, -0.2) is 28.3 Å². The van der Waals surface area contributed by atoms with E-state index in [9.17, 15) is 19.2 Å². The molecule has 0 saturated carbocycles. The first-order valence-corrected chi connectivity index (χ1v) is 25.5. The molecule has 4 amide bonds. The number of benzene rings is 3. The summed E-state index contributed by atoms with van der Waals surface area (Å²) in [5.74, 6) is -0.254. The fraction of sp³-hybridized carbons (Fsp3) is 0.444. The summed E-state index contributed by atoms with van der Waals surface area (Å²) in [6.07, 6.45) is 6.64. The van der Waals surface area contributed by atoms with Crippen LogP contribution in [-0.2, 0) is 30.2 Å². The monoisotopic (exact) mass is 1020 g/mol. The highest BCUT2D eigenvalue weighted by atomic mass is 19.1. The largest absolute Gasteiger partial charge is 0.493 e. The Morgan fingerprint density at radius 1 is 0.757 bits per heavy atom. The standard InChI is InChI=1S/C54H59F2N9O9/c1-28(2)45(61-53(68)70-3)50(66)63-17-5-9-39(63)49-58-27-37(60-49)33-23-35(55)43-42(25-33)74-52(32-12-11-29-8-7-19-73-41(29)24-32)65-38-14-13-31(22-34(38)44(56)47(43)65)36-26-57-48(59-36)40-10-6-18-64(40)51(67)46(62-54(69)71-4)30-15-20-72-21-16-30/h11-14,22-28,30,39-40,45-46,52H,5-10,15-21H2,1-4H3,(H,57,59)(H,58,60)(H,61,68)(H,62,69)/t39-,40-,45-,46-,52?/m0/s1. The van der Waals surface area contributed by atoms with E-state index in [0.717, 1.165) is 24.8 Å². The molecule has 3 saturated heterocycles. The molecule has 3 aromatic heterocycles. The molecule has 0 bridgehead atoms. The number of methoxy groups -OCH3 is 2. The van der Waals surface area contributed by atoms with E-state index in [1.165, 1.54) is 20.3 Å². The summed E-state index contributed by atoms with van der Waals surface area (Å²) in [4.78, 5) is 72.3. The first-order chi connectivity index (χ1) is 35.9. The lowest BCUT2D eigenvalue weighted by atomic mass is 9.90. The molecule has 3 aromatic carbocycles. The first kappa shape index (κ1) is 48.8. The Kier molecular flexibility index (Phi) is 13.2. The van der Waals surface area contributed by atoms with Gasteiger partial charge in [0.25, 0.3) is 0 Å². The Morgan fingerprint density at radius 2 is 1.43 bits per heavy atom. The topological polar surface area (TPSA) is 207 Å². The average molecular weight is 1020 g/mol. The van der Waals surface area contributed by atoms with Crippen LogP contribution in [-0.4, -0.2) is 118 Å². The van der Waals surface area contributed by atoms with Gasteiger partial charge in [0.2, 0.25) is 18.0 Å². The second-order valence-electron chi connectivity index (χ2n) is 20.0. The smallest absolute Gasteiger partial charge is 0.407 e. The number of rotatable bonds is 11. The zero-order chi connectivity index (χ0) is 51.4. The van der Waals surface area contributed by atoms with Crippen molar-refractivity contribution in [2.45, 2.75) is 95.6 Å². The zero-order valence-electron chi connectivity index (χ0n) is 41.7. The summed E-state index contributed by atoms with van der Waals surface area (Å²) in [7, 11) is 2.52. The van der Waals surface area contributed by atoms with Crippen LogP contribution >= 0.6 is 0 Å². The van der Waals surface area contributed by atoms with Crippen molar-refractivity contribution >= 4 is 34.9 Å². The molecule has 0 radical (unpaired) electrons. The van der Waals surface area contributed by atoms with Gasteiger partial charge in [0, 0.05) is 48.4 Å². The Labute approximate surface area is 425 Å². The van der Waals surface area contributed by atoms with Crippen LogP contribution in [0.1, 0.15) is 99.9 Å². The quantitative estimate of drug-likeness (QED) is 0.0968. The molecule has 5 atom stereocenters. The number of fused-ring (bicyclic) bond motifs is 6.